The largest absolute Gasteiger partial charge is 0.483 e. The highest BCUT2D eigenvalue weighted by molar-refractivity contribution is 5.92. The predicted octanol–water partition coefficient (Wildman–Crippen LogP) is 0.497. The van der Waals surface area contributed by atoms with Crippen LogP contribution >= 0.6 is 0 Å². The molecule has 1 amide bonds. The molecule has 0 aromatic heterocycles. The molecule has 0 aliphatic carbocycles. The number of aromatic carboxylic acids is 1. The van der Waals surface area contributed by atoms with Crippen LogP contribution in [0.1, 0.15) is 17.3 Å². The van der Waals surface area contributed by atoms with E-state index in [1.807, 2.05) is 0 Å². The number of benzene rings is 1. The third-order valence-corrected chi connectivity index (χ3v) is 2.42. The topological polar surface area (TPSA) is 111 Å². The number of anilines is 1. The normalized spacial score (nSPS) is 11.7. The van der Waals surface area contributed by atoms with Gasteiger partial charge in [-0.1, -0.05) is 0 Å². The van der Waals surface area contributed by atoms with Crippen molar-refractivity contribution in [2.24, 2.45) is 0 Å². The van der Waals surface area contributed by atoms with Crippen LogP contribution in [0.4, 0.5) is 5.69 Å². The van der Waals surface area contributed by atoms with Gasteiger partial charge in [0.05, 0.1) is 6.61 Å². The van der Waals surface area contributed by atoms with Crippen molar-refractivity contribution in [1.29, 1.82) is 0 Å². The van der Waals surface area contributed by atoms with E-state index in [1.165, 1.54) is 25.3 Å². The van der Waals surface area contributed by atoms with Gasteiger partial charge in [-0.2, -0.15) is 0 Å². The smallest absolute Gasteiger partial charge is 0.339 e. The van der Waals surface area contributed by atoms with Crippen molar-refractivity contribution < 1.29 is 24.2 Å². The summed E-state index contributed by atoms with van der Waals surface area (Å²) in [5.41, 5.74) is 5.74. The van der Waals surface area contributed by atoms with Gasteiger partial charge in [-0.15, -0.1) is 0 Å². The van der Waals surface area contributed by atoms with E-state index in [4.69, 9.17) is 20.3 Å². The van der Waals surface area contributed by atoms with Crippen molar-refractivity contribution in [2.75, 3.05) is 26.1 Å². The lowest BCUT2D eigenvalue weighted by Crippen LogP contribution is -2.38. The molecule has 0 radical (unpaired) electrons. The van der Waals surface area contributed by atoms with E-state index in [0.29, 0.717) is 12.3 Å². The quantitative estimate of drug-likeness (QED) is 0.628. The van der Waals surface area contributed by atoms with E-state index in [2.05, 4.69) is 5.32 Å². The molecule has 7 nitrogen and oxygen atoms in total. The molecular formula is C13H18N2O5. The van der Waals surface area contributed by atoms with Crippen molar-refractivity contribution in [2.45, 2.75) is 13.0 Å². The lowest BCUT2D eigenvalue weighted by atomic mass is 10.2. The molecule has 1 unspecified atom stereocenters. The zero-order valence-electron chi connectivity index (χ0n) is 11.4. The highest BCUT2D eigenvalue weighted by Crippen LogP contribution is 2.21. The minimum Gasteiger partial charge on any atom is -0.483 e. The maximum absolute atomic E-state index is 11.6. The Kier molecular flexibility index (Phi) is 5.79. The third kappa shape index (κ3) is 4.77. The zero-order chi connectivity index (χ0) is 15.1. The first-order valence-corrected chi connectivity index (χ1v) is 5.98. The fourth-order valence-electron chi connectivity index (χ4n) is 1.59. The molecule has 1 rings (SSSR count). The fourth-order valence-corrected chi connectivity index (χ4v) is 1.59. The number of nitrogen functional groups attached to an aromatic ring is 1. The molecule has 1 aromatic carbocycles. The van der Waals surface area contributed by atoms with Gasteiger partial charge in [-0.05, 0) is 25.1 Å². The molecule has 0 aliphatic rings. The summed E-state index contributed by atoms with van der Waals surface area (Å²) in [7, 11) is 1.53. The van der Waals surface area contributed by atoms with Crippen LogP contribution in [-0.4, -0.2) is 43.3 Å². The Hall–Kier alpha value is -2.28. The monoisotopic (exact) mass is 282 g/mol. The second-order valence-corrected chi connectivity index (χ2v) is 4.27. The Labute approximate surface area is 116 Å². The molecule has 7 heteroatoms. The van der Waals surface area contributed by atoms with Crippen molar-refractivity contribution in [3.05, 3.63) is 23.8 Å². The number of methoxy groups -OCH3 is 1. The Balaban J connectivity index is 2.61. The van der Waals surface area contributed by atoms with Crippen LogP contribution in [0.15, 0.2) is 18.2 Å². The number of amides is 1. The molecule has 0 saturated heterocycles. The van der Waals surface area contributed by atoms with Crippen molar-refractivity contribution in [1.82, 2.24) is 5.32 Å². The van der Waals surface area contributed by atoms with Crippen LogP contribution in [0.5, 0.6) is 5.75 Å². The third-order valence-electron chi connectivity index (χ3n) is 2.42. The molecule has 0 aliphatic heterocycles. The minimum absolute atomic E-state index is 0.0808. The van der Waals surface area contributed by atoms with Gasteiger partial charge in [0.15, 0.2) is 6.61 Å². The number of hydrogen-bond donors (Lipinski definition) is 3. The number of nitrogens with two attached hydrogens (primary N) is 1. The predicted molar refractivity (Wildman–Crippen MR) is 72.8 cm³/mol. The number of hydrogen-bond acceptors (Lipinski definition) is 5. The van der Waals surface area contributed by atoms with Crippen molar-refractivity contribution in [3.63, 3.8) is 0 Å². The number of rotatable bonds is 7. The zero-order valence-corrected chi connectivity index (χ0v) is 11.4. The summed E-state index contributed by atoms with van der Waals surface area (Å²) in [4.78, 5) is 22.6. The molecule has 1 atom stereocenters. The van der Waals surface area contributed by atoms with E-state index in [0.717, 1.165) is 0 Å². The number of nitrogens with one attached hydrogen (secondary N) is 1. The summed E-state index contributed by atoms with van der Waals surface area (Å²) in [6.07, 6.45) is 0. The maximum Gasteiger partial charge on any atom is 0.339 e. The van der Waals surface area contributed by atoms with E-state index in [1.54, 1.807) is 6.92 Å². The van der Waals surface area contributed by atoms with Gasteiger partial charge in [0, 0.05) is 18.8 Å². The summed E-state index contributed by atoms with van der Waals surface area (Å²) in [5.74, 6) is -1.43. The van der Waals surface area contributed by atoms with Gasteiger partial charge in [0.2, 0.25) is 0 Å². The molecule has 0 fully saturated rings. The molecule has 20 heavy (non-hydrogen) atoms. The Morgan fingerprint density at radius 2 is 2.15 bits per heavy atom. The lowest BCUT2D eigenvalue weighted by Gasteiger charge is -2.14. The van der Waals surface area contributed by atoms with Crippen molar-refractivity contribution >= 4 is 17.6 Å². The van der Waals surface area contributed by atoms with Crippen LogP contribution < -0.4 is 15.8 Å². The molecular weight excluding hydrogens is 264 g/mol. The Morgan fingerprint density at radius 1 is 1.45 bits per heavy atom. The van der Waals surface area contributed by atoms with E-state index in [9.17, 15) is 9.59 Å². The first-order valence-electron chi connectivity index (χ1n) is 5.98. The molecule has 0 bridgehead atoms. The second-order valence-electron chi connectivity index (χ2n) is 4.27. The molecule has 1 aromatic rings. The van der Waals surface area contributed by atoms with E-state index in [-0.39, 0.29) is 29.9 Å². The number of carboxylic acid groups (broad SMARTS) is 1. The first-order chi connectivity index (χ1) is 9.43. The molecule has 110 valence electrons. The molecule has 0 spiro atoms. The number of carboxylic acids is 1. The average molecular weight is 282 g/mol. The van der Waals surface area contributed by atoms with Crippen LogP contribution in [0.2, 0.25) is 0 Å². The van der Waals surface area contributed by atoms with Crippen LogP contribution in [-0.2, 0) is 9.53 Å². The second kappa shape index (κ2) is 7.34. The van der Waals surface area contributed by atoms with Crippen LogP contribution in [0, 0.1) is 0 Å². The molecule has 4 N–H and O–H groups in total. The van der Waals surface area contributed by atoms with E-state index < -0.39 is 5.97 Å². The average Bonchev–Trinajstić information content (AvgIpc) is 2.37. The van der Waals surface area contributed by atoms with Gasteiger partial charge in [-0.3, -0.25) is 4.79 Å². The summed E-state index contributed by atoms with van der Waals surface area (Å²) in [6, 6.07) is 4.06. The number of carbonyl (C=O) groups excluding carboxylic acids is 1. The standard InChI is InChI=1S/C13H18N2O5/c1-8(6-19-2)15-12(16)7-20-11-4-3-9(14)5-10(11)13(17)18/h3-5,8H,6-7,14H2,1-2H3,(H,15,16)(H,17,18). The molecule has 0 saturated carbocycles. The van der Waals surface area contributed by atoms with Crippen molar-refractivity contribution in [3.8, 4) is 5.75 Å². The van der Waals surface area contributed by atoms with Gasteiger partial charge in [0.25, 0.3) is 5.91 Å². The van der Waals surface area contributed by atoms with E-state index >= 15 is 0 Å². The summed E-state index contributed by atoms with van der Waals surface area (Å²) in [5, 5.41) is 11.7. The number of ether oxygens (including phenoxy) is 2. The Bertz CT molecular complexity index is 490. The van der Waals surface area contributed by atoms with Crippen LogP contribution in [0.25, 0.3) is 0 Å². The van der Waals surface area contributed by atoms with Gasteiger partial charge >= 0.3 is 5.97 Å². The Morgan fingerprint density at radius 3 is 2.75 bits per heavy atom. The fraction of sp³-hybridized carbons (Fsp3) is 0.385. The summed E-state index contributed by atoms with van der Waals surface area (Å²) >= 11 is 0. The van der Waals surface area contributed by atoms with Gasteiger partial charge < -0.3 is 25.6 Å². The number of carbonyl (C=O) groups is 2. The van der Waals surface area contributed by atoms with Gasteiger partial charge in [0.1, 0.15) is 11.3 Å². The van der Waals surface area contributed by atoms with Gasteiger partial charge in [-0.25, -0.2) is 4.79 Å². The first kappa shape index (κ1) is 15.8. The highest BCUT2D eigenvalue weighted by atomic mass is 16.5. The maximum atomic E-state index is 11.6. The van der Waals surface area contributed by atoms with Crippen LogP contribution in [0.3, 0.4) is 0 Å². The summed E-state index contributed by atoms with van der Waals surface area (Å²) < 4.78 is 10.1. The summed E-state index contributed by atoms with van der Waals surface area (Å²) in [6.45, 7) is 1.89. The lowest BCUT2D eigenvalue weighted by molar-refractivity contribution is -0.124. The SMILES string of the molecule is COCC(C)NC(=O)COc1ccc(N)cc1C(=O)O. The minimum atomic E-state index is -1.17. The molecule has 0 heterocycles. The highest BCUT2D eigenvalue weighted by Gasteiger charge is 2.14.